The Bertz CT molecular complexity index is 1130. The average molecular weight is 417 g/mol. The minimum Gasteiger partial charge on any atom is -0.491 e. The highest BCUT2D eigenvalue weighted by Gasteiger charge is 2.40. The van der Waals surface area contributed by atoms with Gasteiger partial charge in [0.05, 0.1) is 12.3 Å². The van der Waals surface area contributed by atoms with Crippen LogP contribution in [0.3, 0.4) is 0 Å². The number of ether oxygens (including phenoxy) is 1. The zero-order chi connectivity index (χ0) is 22.0. The standard InChI is InChI=1S/C25H23NO5/c1-15(2)20(31-29)11-6-14-30-21-10-5-7-16-12-13-19(26-23(16)21)22-24(27)17-8-3-4-9-18(17)25(22)28/h3-5,7-10,12-13,20,22,29H,1,6,11,14H2,2H3. The second-order valence-electron chi connectivity index (χ2n) is 7.70. The van der Waals surface area contributed by atoms with Crippen LogP contribution in [0.25, 0.3) is 10.9 Å². The van der Waals surface area contributed by atoms with Crippen LogP contribution in [-0.2, 0) is 4.89 Å². The third kappa shape index (κ3) is 4.00. The quantitative estimate of drug-likeness (QED) is 0.183. The fourth-order valence-electron chi connectivity index (χ4n) is 3.86. The molecule has 1 heterocycles. The first kappa shape index (κ1) is 20.9. The van der Waals surface area contributed by atoms with Crippen molar-refractivity contribution < 1.29 is 24.5 Å². The summed E-state index contributed by atoms with van der Waals surface area (Å²) in [7, 11) is 0. The molecule has 0 saturated heterocycles. The van der Waals surface area contributed by atoms with Gasteiger partial charge < -0.3 is 4.74 Å². The number of aromatic nitrogens is 1. The van der Waals surface area contributed by atoms with E-state index in [-0.39, 0.29) is 11.6 Å². The first-order valence-corrected chi connectivity index (χ1v) is 10.2. The van der Waals surface area contributed by atoms with Gasteiger partial charge >= 0.3 is 0 Å². The maximum atomic E-state index is 12.9. The van der Waals surface area contributed by atoms with E-state index in [1.165, 1.54) is 0 Å². The molecule has 1 atom stereocenters. The Kier molecular flexibility index (Phi) is 5.93. The highest BCUT2D eigenvalue weighted by atomic mass is 17.1. The summed E-state index contributed by atoms with van der Waals surface area (Å²) in [4.78, 5) is 34.8. The Morgan fingerprint density at radius 1 is 1.06 bits per heavy atom. The Labute approximate surface area is 180 Å². The van der Waals surface area contributed by atoms with Gasteiger partial charge in [0, 0.05) is 16.5 Å². The lowest BCUT2D eigenvalue weighted by Crippen LogP contribution is -2.15. The van der Waals surface area contributed by atoms with Crippen LogP contribution in [0.5, 0.6) is 5.75 Å². The molecule has 158 valence electrons. The molecule has 6 heteroatoms. The van der Waals surface area contributed by atoms with Crippen LogP contribution < -0.4 is 4.74 Å². The molecule has 1 aromatic heterocycles. The lowest BCUT2D eigenvalue weighted by atomic mass is 9.98. The van der Waals surface area contributed by atoms with Crippen molar-refractivity contribution >= 4 is 22.5 Å². The number of rotatable bonds is 8. The van der Waals surface area contributed by atoms with Crippen molar-refractivity contribution in [1.29, 1.82) is 0 Å². The Hall–Kier alpha value is -3.35. The molecule has 2 aromatic carbocycles. The van der Waals surface area contributed by atoms with Gasteiger partial charge in [-0.25, -0.2) is 9.87 Å². The molecule has 1 N–H and O–H groups in total. The molecule has 0 bridgehead atoms. The van der Waals surface area contributed by atoms with Gasteiger partial charge in [-0.15, -0.1) is 0 Å². The molecule has 31 heavy (non-hydrogen) atoms. The lowest BCUT2D eigenvalue weighted by molar-refractivity contribution is -0.269. The highest BCUT2D eigenvalue weighted by Crippen LogP contribution is 2.35. The van der Waals surface area contributed by atoms with Crippen molar-refractivity contribution in [3.05, 3.63) is 83.6 Å². The summed E-state index contributed by atoms with van der Waals surface area (Å²) < 4.78 is 5.93. The van der Waals surface area contributed by atoms with E-state index in [9.17, 15) is 9.59 Å². The van der Waals surface area contributed by atoms with Gasteiger partial charge in [0.1, 0.15) is 23.3 Å². The third-order valence-corrected chi connectivity index (χ3v) is 5.53. The average Bonchev–Trinajstić information content (AvgIpc) is 3.03. The van der Waals surface area contributed by atoms with E-state index in [2.05, 4.69) is 16.5 Å². The number of nitrogens with zero attached hydrogens (tertiary/aromatic N) is 1. The smallest absolute Gasteiger partial charge is 0.180 e. The topological polar surface area (TPSA) is 85.7 Å². The van der Waals surface area contributed by atoms with Crippen molar-refractivity contribution in [1.82, 2.24) is 4.98 Å². The van der Waals surface area contributed by atoms with Gasteiger partial charge in [-0.1, -0.05) is 49.0 Å². The minimum atomic E-state index is -0.923. The predicted octanol–water partition coefficient (Wildman–Crippen LogP) is 4.99. The summed E-state index contributed by atoms with van der Waals surface area (Å²) in [6.45, 7) is 5.98. The van der Waals surface area contributed by atoms with Crippen molar-refractivity contribution in [3.63, 3.8) is 0 Å². The summed E-state index contributed by atoms with van der Waals surface area (Å²) in [5, 5.41) is 9.79. The van der Waals surface area contributed by atoms with Crippen molar-refractivity contribution in [3.8, 4) is 5.75 Å². The largest absolute Gasteiger partial charge is 0.491 e. The van der Waals surface area contributed by atoms with Crippen LogP contribution >= 0.6 is 0 Å². The van der Waals surface area contributed by atoms with Crippen molar-refractivity contribution in [2.24, 2.45) is 0 Å². The molecule has 6 nitrogen and oxygen atoms in total. The Morgan fingerprint density at radius 3 is 2.42 bits per heavy atom. The Balaban J connectivity index is 1.56. The number of ketones is 2. The minimum absolute atomic E-state index is 0.222. The second kappa shape index (κ2) is 8.79. The van der Waals surface area contributed by atoms with Crippen molar-refractivity contribution in [2.75, 3.05) is 6.61 Å². The number of pyridine rings is 1. The van der Waals surface area contributed by atoms with Crippen LogP contribution in [0.1, 0.15) is 52.1 Å². The van der Waals surface area contributed by atoms with E-state index in [1.54, 1.807) is 37.3 Å². The zero-order valence-electron chi connectivity index (χ0n) is 17.2. The fourth-order valence-corrected chi connectivity index (χ4v) is 3.86. The summed E-state index contributed by atoms with van der Waals surface area (Å²) >= 11 is 0. The highest BCUT2D eigenvalue weighted by molar-refractivity contribution is 6.29. The predicted molar refractivity (Wildman–Crippen MR) is 117 cm³/mol. The number of hydrogen-bond acceptors (Lipinski definition) is 6. The van der Waals surface area contributed by atoms with Gasteiger partial charge in [0.15, 0.2) is 11.6 Å². The van der Waals surface area contributed by atoms with E-state index in [0.29, 0.717) is 47.5 Å². The monoisotopic (exact) mass is 417 g/mol. The molecule has 0 fully saturated rings. The number of fused-ring (bicyclic) bond motifs is 2. The van der Waals surface area contributed by atoms with E-state index >= 15 is 0 Å². The molecule has 4 rings (SSSR count). The zero-order valence-corrected chi connectivity index (χ0v) is 17.2. The van der Waals surface area contributed by atoms with E-state index in [1.807, 2.05) is 24.3 Å². The molecular formula is C25H23NO5. The van der Waals surface area contributed by atoms with E-state index in [4.69, 9.17) is 9.99 Å². The van der Waals surface area contributed by atoms with Crippen LogP contribution in [0.4, 0.5) is 0 Å². The number of benzene rings is 2. The molecular weight excluding hydrogens is 394 g/mol. The van der Waals surface area contributed by atoms with Gasteiger partial charge in [0.25, 0.3) is 0 Å². The molecule has 0 saturated carbocycles. The van der Waals surface area contributed by atoms with E-state index in [0.717, 1.165) is 11.0 Å². The number of Topliss-reactive ketones (excluding diaryl/α,β-unsaturated/α-hetero) is 2. The molecule has 1 aliphatic carbocycles. The maximum Gasteiger partial charge on any atom is 0.180 e. The molecule has 0 aliphatic heterocycles. The summed E-state index contributed by atoms with van der Waals surface area (Å²) in [5.74, 6) is -0.791. The van der Waals surface area contributed by atoms with Crippen LogP contribution in [0.15, 0.2) is 66.7 Å². The van der Waals surface area contributed by atoms with Gasteiger partial charge in [-0.3, -0.25) is 14.8 Å². The third-order valence-electron chi connectivity index (χ3n) is 5.53. The van der Waals surface area contributed by atoms with Gasteiger partial charge in [0.2, 0.25) is 0 Å². The summed E-state index contributed by atoms with van der Waals surface area (Å²) in [6.07, 6.45) is 0.781. The normalized spacial score (nSPS) is 14.6. The summed E-state index contributed by atoms with van der Waals surface area (Å²) in [5.41, 5.74) is 2.66. The number of carbonyl (C=O) groups is 2. The van der Waals surface area contributed by atoms with Crippen LogP contribution in [0, 0.1) is 0 Å². The molecule has 0 amide bonds. The molecule has 0 radical (unpaired) electrons. The van der Waals surface area contributed by atoms with E-state index < -0.39 is 12.0 Å². The number of para-hydroxylation sites is 1. The Morgan fingerprint density at radius 2 is 1.77 bits per heavy atom. The molecule has 1 unspecified atom stereocenters. The first-order chi connectivity index (χ1) is 15.0. The van der Waals surface area contributed by atoms with Gasteiger partial charge in [-0.05, 0) is 37.5 Å². The summed E-state index contributed by atoms with van der Waals surface area (Å²) in [6, 6.07) is 16.0. The molecule has 1 aliphatic rings. The van der Waals surface area contributed by atoms with Crippen LogP contribution in [0.2, 0.25) is 0 Å². The SMILES string of the molecule is C=C(C)C(CCCOc1cccc2ccc(C3C(=O)c4ccccc4C3=O)nc12)OO. The molecule has 0 spiro atoms. The number of carbonyl (C=O) groups excluding carboxylic acids is 2. The number of hydrogen-bond donors (Lipinski definition) is 1. The van der Waals surface area contributed by atoms with Crippen molar-refractivity contribution in [2.45, 2.75) is 31.8 Å². The van der Waals surface area contributed by atoms with Gasteiger partial charge in [-0.2, -0.15) is 0 Å². The van der Waals surface area contributed by atoms with Crippen LogP contribution in [-0.4, -0.2) is 34.5 Å². The first-order valence-electron chi connectivity index (χ1n) is 10.2. The second-order valence-corrected chi connectivity index (χ2v) is 7.70. The molecule has 3 aromatic rings. The lowest BCUT2D eigenvalue weighted by Gasteiger charge is -2.14. The maximum absolute atomic E-state index is 12.9. The fraction of sp³-hybridized carbons (Fsp3) is 0.240.